The summed E-state index contributed by atoms with van der Waals surface area (Å²) >= 11 is 0. The molecule has 0 fully saturated rings. The van der Waals surface area contributed by atoms with Crippen LogP contribution < -0.4 is 4.90 Å². The van der Waals surface area contributed by atoms with E-state index in [9.17, 15) is 9.59 Å². The molecule has 0 atom stereocenters. The number of ether oxygens (including phenoxy) is 2. The number of rotatable bonds is 3. The molecule has 0 radical (unpaired) electrons. The van der Waals surface area contributed by atoms with Gasteiger partial charge in [-0.1, -0.05) is 0 Å². The summed E-state index contributed by atoms with van der Waals surface area (Å²) in [5, 5.41) is 0. The van der Waals surface area contributed by atoms with Gasteiger partial charge in [0.2, 0.25) is 23.6 Å². The highest BCUT2D eigenvalue weighted by Crippen LogP contribution is 2.30. The average molecular weight is 457 g/mol. The molecular weight excluding hydrogens is 430 g/mol. The Morgan fingerprint density at radius 1 is 0.758 bits per heavy atom. The molecule has 10 nitrogen and oxygen atoms in total. The fourth-order valence-electron chi connectivity index (χ4n) is 2.59. The molecule has 3 aromatic heterocycles. The highest BCUT2D eigenvalue weighted by molar-refractivity contribution is 6.16. The number of guanidine groups is 1. The maximum absolute atomic E-state index is 13.3. The van der Waals surface area contributed by atoms with Crippen LogP contribution in [0.15, 0.2) is 73.4 Å². The van der Waals surface area contributed by atoms with E-state index in [2.05, 4.69) is 4.99 Å². The molecule has 0 N–H and O–H groups in total. The molecule has 3 aromatic rings. The lowest BCUT2D eigenvalue weighted by atomic mass is 10.2. The summed E-state index contributed by atoms with van der Waals surface area (Å²) in [5.41, 5.74) is -1.82. The van der Waals surface area contributed by atoms with Gasteiger partial charge in [0.15, 0.2) is 0 Å². The van der Waals surface area contributed by atoms with Gasteiger partial charge in [0.1, 0.15) is 11.2 Å². The molecule has 10 heteroatoms. The van der Waals surface area contributed by atoms with Crippen LogP contribution in [0.4, 0.5) is 27.2 Å². The Kier molecular flexibility index (Phi) is 6.66. The number of amides is 2. The quantitative estimate of drug-likeness (QED) is 0.325. The third-order valence-corrected chi connectivity index (χ3v) is 3.72. The molecule has 0 aliphatic heterocycles. The van der Waals surface area contributed by atoms with E-state index in [1.54, 1.807) is 77.9 Å². The Hall–Kier alpha value is -3.95. The highest BCUT2D eigenvalue weighted by atomic mass is 16.6. The zero-order valence-corrected chi connectivity index (χ0v) is 19.4. The van der Waals surface area contributed by atoms with Crippen molar-refractivity contribution < 1.29 is 32.3 Å². The lowest BCUT2D eigenvalue weighted by molar-refractivity contribution is 0.0145. The van der Waals surface area contributed by atoms with Gasteiger partial charge in [-0.15, -0.1) is 4.90 Å². The summed E-state index contributed by atoms with van der Waals surface area (Å²) in [5.74, 6) is 0.309. The van der Waals surface area contributed by atoms with Gasteiger partial charge in [0.25, 0.3) is 0 Å². The first kappa shape index (κ1) is 23.7. The van der Waals surface area contributed by atoms with Gasteiger partial charge in [0.05, 0.1) is 18.8 Å². The molecule has 33 heavy (non-hydrogen) atoms. The maximum Gasteiger partial charge on any atom is 0.427 e. The highest BCUT2D eigenvalue weighted by Gasteiger charge is 2.40. The van der Waals surface area contributed by atoms with Crippen LogP contribution in [0, 0.1) is 0 Å². The van der Waals surface area contributed by atoms with E-state index >= 15 is 0 Å². The third kappa shape index (κ3) is 6.28. The number of carbonyl (C=O) groups is 2. The third-order valence-electron chi connectivity index (χ3n) is 3.72. The number of anilines is 2. The lowest BCUT2D eigenvalue weighted by Crippen LogP contribution is -2.52. The SMILES string of the molecule is CC(C)(C)OC(=O)N(C(=O)OC(C)(C)C)C(=Nc1ccco1)N(c1ccco1)c1ccco1. The number of carbonyl (C=O) groups excluding carboxylic acids is 2. The standard InChI is InChI=1S/C23H27N3O7/c1-22(2,3)32-20(27)26(21(28)33-23(4,5)6)19(24-16-10-7-13-29-16)25(17-11-8-14-30-17)18-12-9-15-31-18/h7-15H,1-6H3. The van der Waals surface area contributed by atoms with Gasteiger partial charge in [-0.2, -0.15) is 4.99 Å². The van der Waals surface area contributed by atoms with Crippen LogP contribution in [0.1, 0.15) is 41.5 Å². The minimum atomic E-state index is -1.01. The number of aliphatic imine (C=N–C) groups is 1. The first-order chi connectivity index (χ1) is 15.4. The van der Waals surface area contributed by atoms with Crippen LogP contribution >= 0.6 is 0 Å². The fourth-order valence-corrected chi connectivity index (χ4v) is 2.59. The fraction of sp³-hybridized carbons (Fsp3) is 0.348. The molecule has 2 amide bonds. The van der Waals surface area contributed by atoms with Crippen LogP contribution in [0.2, 0.25) is 0 Å². The summed E-state index contributed by atoms with van der Waals surface area (Å²) in [4.78, 5) is 33.0. The van der Waals surface area contributed by atoms with Gasteiger partial charge >= 0.3 is 12.2 Å². The van der Waals surface area contributed by atoms with Crippen molar-refractivity contribution in [1.29, 1.82) is 0 Å². The molecule has 176 valence electrons. The first-order valence-corrected chi connectivity index (χ1v) is 10.2. The van der Waals surface area contributed by atoms with Gasteiger partial charge in [-0.05, 0) is 59.7 Å². The largest absolute Gasteiger partial charge is 0.448 e. The van der Waals surface area contributed by atoms with Crippen molar-refractivity contribution in [3.05, 3.63) is 55.2 Å². The summed E-state index contributed by atoms with van der Waals surface area (Å²) in [7, 11) is 0. The molecule has 3 rings (SSSR count). The van der Waals surface area contributed by atoms with E-state index in [1.165, 1.54) is 23.7 Å². The minimum absolute atomic E-state index is 0.116. The molecule has 3 heterocycles. The van der Waals surface area contributed by atoms with Gasteiger partial charge in [0, 0.05) is 18.2 Å². The second kappa shape index (κ2) is 9.27. The van der Waals surface area contributed by atoms with Crippen molar-refractivity contribution >= 4 is 35.8 Å². The Balaban J connectivity index is 2.21. The van der Waals surface area contributed by atoms with Crippen LogP contribution in [0.25, 0.3) is 0 Å². The van der Waals surface area contributed by atoms with Crippen LogP contribution in [-0.4, -0.2) is 34.2 Å². The van der Waals surface area contributed by atoms with Gasteiger partial charge in [-0.25, -0.2) is 14.5 Å². The summed E-state index contributed by atoms with van der Waals surface area (Å²) < 4.78 is 27.5. The Labute approximate surface area is 191 Å². The predicted octanol–water partition coefficient (Wildman–Crippen LogP) is 6.46. The zero-order chi connectivity index (χ0) is 24.2. The maximum atomic E-state index is 13.3. The molecule has 0 spiro atoms. The number of hydrogen-bond donors (Lipinski definition) is 0. The molecule has 0 saturated carbocycles. The molecule has 0 saturated heterocycles. The van der Waals surface area contributed by atoms with Crippen LogP contribution in [-0.2, 0) is 9.47 Å². The summed E-state index contributed by atoms with van der Waals surface area (Å²) in [6.07, 6.45) is 2.25. The first-order valence-electron chi connectivity index (χ1n) is 10.2. The van der Waals surface area contributed by atoms with E-state index in [-0.39, 0.29) is 23.6 Å². The second-order valence-electron chi connectivity index (χ2n) is 8.90. The van der Waals surface area contributed by atoms with E-state index in [0.29, 0.717) is 4.90 Å². The Bertz CT molecular complexity index is 1010. The van der Waals surface area contributed by atoms with Crippen molar-refractivity contribution in [2.24, 2.45) is 4.99 Å². The van der Waals surface area contributed by atoms with Gasteiger partial charge < -0.3 is 22.7 Å². The van der Waals surface area contributed by atoms with Crippen LogP contribution in [0.3, 0.4) is 0 Å². The predicted molar refractivity (Wildman–Crippen MR) is 120 cm³/mol. The average Bonchev–Trinajstić information content (AvgIpc) is 3.43. The van der Waals surface area contributed by atoms with E-state index in [4.69, 9.17) is 22.7 Å². The normalized spacial score (nSPS) is 12.4. The number of furan rings is 3. The molecule has 0 aromatic carbocycles. The zero-order valence-electron chi connectivity index (χ0n) is 19.4. The molecular formula is C23H27N3O7. The molecule has 0 aliphatic rings. The topological polar surface area (TPSA) is 111 Å². The van der Waals surface area contributed by atoms with Crippen molar-refractivity contribution in [2.75, 3.05) is 4.90 Å². The Morgan fingerprint density at radius 2 is 1.21 bits per heavy atom. The van der Waals surface area contributed by atoms with Crippen molar-refractivity contribution in [1.82, 2.24) is 4.90 Å². The van der Waals surface area contributed by atoms with Gasteiger partial charge in [-0.3, -0.25) is 0 Å². The molecule has 0 bridgehead atoms. The van der Waals surface area contributed by atoms with E-state index in [0.717, 1.165) is 0 Å². The number of hydrogen-bond acceptors (Lipinski definition) is 8. The van der Waals surface area contributed by atoms with E-state index in [1.807, 2.05) is 0 Å². The Morgan fingerprint density at radius 3 is 1.58 bits per heavy atom. The second-order valence-corrected chi connectivity index (χ2v) is 8.90. The monoisotopic (exact) mass is 457 g/mol. The van der Waals surface area contributed by atoms with Crippen molar-refractivity contribution in [3.63, 3.8) is 0 Å². The lowest BCUT2D eigenvalue weighted by Gasteiger charge is -2.31. The van der Waals surface area contributed by atoms with Crippen molar-refractivity contribution in [3.8, 4) is 0 Å². The van der Waals surface area contributed by atoms with E-state index < -0.39 is 23.4 Å². The molecule has 0 aliphatic carbocycles. The smallest absolute Gasteiger partial charge is 0.427 e. The van der Waals surface area contributed by atoms with Crippen molar-refractivity contribution in [2.45, 2.75) is 52.7 Å². The number of nitrogens with zero attached hydrogens (tertiary/aromatic N) is 3. The van der Waals surface area contributed by atoms with Crippen LogP contribution in [0.5, 0.6) is 0 Å². The summed E-state index contributed by atoms with van der Waals surface area (Å²) in [6.45, 7) is 10.1. The number of imide groups is 1. The summed E-state index contributed by atoms with van der Waals surface area (Å²) in [6, 6.07) is 9.68. The minimum Gasteiger partial charge on any atom is -0.448 e. The molecule has 0 unspecified atom stereocenters.